The summed E-state index contributed by atoms with van der Waals surface area (Å²) in [4.78, 5) is 14.9. The standard InChI is InChI=1S/C16H30N2O2/c1-5-20-15(19)16(17-4)9-8-14(11-16)18-10-6-7-12(2)13(18)3/h12-14,17H,5-11H2,1-4H3. The molecule has 0 amide bonds. The van der Waals surface area contributed by atoms with Crippen LogP contribution in [-0.2, 0) is 9.53 Å². The number of piperidine rings is 1. The Morgan fingerprint density at radius 1 is 1.40 bits per heavy atom. The highest BCUT2D eigenvalue weighted by molar-refractivity contribution is 5.81. The van der Waals surface area contributed by atoms with Crippen molar-refractivity contribution in [2.45, 2.75) is 70.5 Å². The molecule has 0 radical (unpaired) electrons. The van der Waals surface area contributed by atoms with Gasteiger partial charge in [0.25, 0.3) is 0 Å². The molecule has 0 aromatic carbocycles. The lowest BCUT2D eigenvalue weighted by atomic mass is 9.90. The molecule has 4 heteroatoms. The number of hydrogen-bond donors (Lipinski definition) is 1. The summed E-state index contributed by atoms with van der Waals surface area (Å²) in [6, 6.07) is 1.15. The largest absolute Gasteiger partial charge is 0.465 e. The second kappa shape index (κ2) is 6.44. The van der Waals surface area contributed by atoms with E-state index in [2.05, 4.69) is 24.1 Å². The van der Waals surface area contributed by atoms with E-state index in [1.165, 1.54) is 19.4 Å². The van der Waals surface area contributed by atoms with Gasteiger partial charge < -0.3 is 10.1 Å². The number of nitrogens with one attached hydrogen (secondary N) is 1. The molecule has 0 spiro atoms. The van der Waals surface area contributed by atoms with Crippen LogP contribution in [-0.4, -0.2) is 48.7 Å². The fraction of sp³-hybridized carbons (Fsp3) is 0.938. The van der Waals surface area contributed by atoms with Gasteiger partial charge >= 0.3 is 5.97 Å². The van der Waals surface area contributed by atoms with Crippen molar-refractivity contribution >= 4 is 5.97 Å². The number of carbonyl (C=O) groups excluding carboxylic acids is 1. The number of carbonyl (C=O) groups is 1. The molecule has 4 nitrogen and oxygen atoms in total. The van der Waals surface area contributed by atoms with Crippen molar-refractivity contribution in [3.05, 3.63) is 0 Å². The number of esters is 1. The van der Waals surface area contributed by atoms with Crippen molar-refractivity contribution in [3.63, 3.8) is 0 Å². The van der Waals surface area contributed by atoms with Crippen LogP contribution in [0.25, 0.3) is 0 Å². The number of nitrogens with zero attached hydrogens (tertiary/aromatic N) is 1. The quantitative estimate of drug-likeness (QED) is 0.803. The highest BCUT2D eigenvalue weighted by Crippen LogP contribution is 2.37. The van der Waals surface area contributed by atoms with Gasteiger partial charge in [-0.15, -0.1) is 0 Å². The Balaban J connectivity index is 2.04. The van der Waals surface area contributed by atoms with E-state index in [9.17, 15) is 4.79 Å². The van der Waals surface area contributed by atoms with E-state index in [0.29, 0.717) is 18.7 Å². The summed E-state index contributed by atoms with van der Waals surface area (Å²) in [5.41, 5.74) is -0.457. The predicted molar refractivity (Wildman–Crippen MR) is 80.6 cm³/mol. The fourth-order valence-corrected chi connectivity index (χ4v) is 3.97. The maximum Gasteiger partial charge on any atom is 0.326 e. The highest BCUT2D eigenvalue weighted by Gasteiger charge is 2.48. The van der Waals surface area contributed by atoms with Crippen molar-refractivity contribution in [2.24, 2.45) is 5.92 Å². The molecular weight excluding hydrogens is 252 g/mol. The van der Waals surface area contributed by atoms with E-state index >= 15 is 0 Å². The SMILES string of the molecule is CCOC(=O)C1(NC)CCC(N2CCCC(C)C2C)C1. The van der Waals surface area contributed by atoms with E-state index in [-0.39, 0.29) is 5.97 Å². The Labute approximate surface area is 123 Å². The molecular formula is C16H30N2O2. The van der Waals surface area contributed by atoms with Gasteiger partial charge in [0.2, 0.25) is 0 Å². The second-order valence-electron chi connectivity index (χ2n) is 6.55. The van der Waals surface area contributed by atoms with Gasteiger partial charge in [0, 0.05) is 12.1 Å². The topological polar surface area (TPSA) is 41.6 Å². The summed E-state index contributed by atoms with van der Waals surface area (Å²) in [7, 11) is 1.89. The first kappa shape index (κ1) is 15.8. The number of likely N-dealkylation sites (tertiary alicyclic amines) is 1. The molecule has 1 aliphatic heterocycles. The van der Waals surface area contributed by atoms with Crippen LogP contribution in [0.4, 0.5) is 0 Å². The second-order valence-corrected chi connectivity index (χ2v) is 6.55. The summed E-state index contributed by atoms with van der Waals surface area (Å²) < 4.78 is 5.28. The number of ether oxygens (including phenoxy) is 1. The molecule has 0 bridgehead atoms. The van der Waals surface area contributed by atoms with E-state index in [0.717, 1.165) is 25.2 Å². The van der Waals surface area contributed by atoms with Gasteiger partial charge in [-0.25, -0.2) is 0 Å². The third-order valence-corrected chi connectivity index (χ3v) is 5.52. The molecule has 116 valence electrons. The maximum atomic E-state index is 12.3. The lowest BCUT2D eigenvalue weighted by molar-refractivity contribution is -0.151. The van der Waals surface area contributed by atoms with Crippen molar-refractivity contribution in [1.29, 1.82) is 0 Å². The molecule has 0 aromatic rings. The predicted octanol–water partition coefficient (Wildman–Crippen LogP) is 2.18. The highest BCUT2D eigenvalue weighted by atomic mass is 16.5. The lowest BCUT2D eigenvalue weighted by Crippen LogP contribution is -2.52. The van der Waals surface area contributed by atoms with E-state index in [4.69, 9.17) is 4.74 Å². The normalized spacial score (nSPS) is 38.9. The van der Waals surface area contributed by atoms with Gasteiger partial charge in [-0.3, -0.25) is 9.69 Å². The number of hydrogen-bond acceptors (Lipinski definition) is 4. The van der Waals surface area contributed by atoms with Crippen molar-refractivity contribution < 1.29 is 9.53 Å². The smallest absolute Gasteiger partial charge is 0.326 e. The maximum absolute atomic E-state index is 12.3. The van der Waals surface area contributed by atoms with Gasteiger partial charge in [-0.05, 0) is 65.5 Å². The molecule has 20 heavy (non-hydrogen) atoms. The molecule has 1 aliphatic carbocycles. The van der Waals surface area contributed by atoms with Crippen molar-refractivity contribution in [1.82, 2.24) is 10.2 Å². The van der Waals surface area contributed by atoms with Crippen LogP contribution in [0.5, 0.6) is 0 Å². The Kier molecular flexibility index (Phi) is 5.08. The third kappa shape index (κ3) is 2.86. The summed E-state index contributed by atoms with van der Waals surface area (Å²) in [5.74, 6) is 0.693. The molecule has 1 saturated heterocycles. The van der Waals surface area contributed by atoms with Crippen LogP contribution in [0, 0.1) is 5.92 Å². The van der Waals surface area contributed by atoms with Gasteiger partial charge in [-0.1, -0.05) is 6.92 Å². The van der Waals surface area contributed by atoms with Crippen LogP contribution >= 0.6 is 0 Å². The molecule has 1 heterocycles. The van der Waals surface area contributed by atoms with Crippen LogP contribution < -0.4 is 5.32 Å². The molecule has 2 rings (SSSR count). The van der Waals surface area contributed by atoms with Gasteiger partial charge in [0.1, 0.15) is 5.54 Å². The van der Waals surface area contributed by atoms with Gasteiger partial charge in [0.15, 0.2) is 0 Å². The van der Waals surface area contributed by atoms with Crippen molar-refractivity contribution in [2.75, 3.05) is 20.2 Å². The molecule has 1 N–H and O–H groups in total. The fourth-order valence-electron chi connectivity index (χ4n) is 3.97. The molecule has 1 saturated carbocycles. The molecule has 4 unspecified atom stereocenters. The molecule has 2 aliphatic rings. The molecule has 0 aromatic heterocycles. The first-order valence-corrected chi connectivity index (χ1v) is 8.16. The minimum absolute atomic E-state index is 0.0669. The summed E-state index contributed by atoms with van der Waals surface area (Å²) in [6.45, 7) is 8.21. The Hall–Kier alpha value is -0.610. The van der Waals surface area contributed by atoms with E-state index in [1.807, 2.05) is 14.0 Å². The molecule has 2 fully saturated rings. The zero-order valence-corrected chi connectivity index (χ0v) is 13.4. The third-order valence-electron chi connectivity index (χ3n) is 5.52. The first-order chi connectivity index (χ1) is 9.54. The summed E-state index contributed by atoms with van der Waals surface area (Å²) >= 11 is 0. The van der Waals surface area contributed by atoms with Gasteiger partial charge in [-0.2, -0.15) is 0 Å². The Bertz CT molecular complexity index is 347. The van der Waals surface area contributed by atoms with Crippen LogP contribution in [0.2, 0.25) is 0 Å². The van der Waals surface area contributed by atoms with Crippen LogP contribution in [0.15, 0.2) is 0 Å². The first-order valence-electron chi connectivity index (χ1n) is 8.16. The Morgan fingerprint density at radius 3 is 2.80 bits per heavy atom. The average molecular weight is 282 g/mol. The zero-order valence-electron chi connectivity index (χ0n) is 13.4. The molecule has 4 atom stereocenters. The average Bonchev–Trinajstić information content (AvgIpc) is 2.88. The van der Waals surface area contributed by atoms with E-state index < -0.39 is 5.54 Å². The van der Waals surface area contributed by atoms with Crippen molar-refractivity contribution in [3.8, 4) is 0 Å². The minimum Gasteiger partial charge on any atom is -0.465 e. The van der Waals surface area contributed by atoms with E-state index in [1.54, 1.807) is 0 Å². The summed E-state index contributed by atoms with van der Waals surface area (Å²) in [5, 5.41) is 3.26. The monoisotopic (exact) mass is 282 g/mol. The van der Waals surface area contributed by atoms with Crippen LogP contribution in [0.3, 0.4) is 0 Å². The minimum atomic E-state index is -0.457. The number of likely N-dealkylation sites (N-methyl/N-ethyl adjacent to an activating group) is 1. The van der Waals surface area contributed by atoms with Crippen LogP contribution in [0.1, 0.15) is 52.9 Å². The van der Waals surface area contributed by atoms with Gasteiger partial charge in [0.05, 0.1) is 6.61 Å². The summed E-state index contributed by atoms with van der Waals surface area (Å²) in [6.07, 6.45) is 5.49. The number of rotatable bonds is 4. The Morgan fingerprint density at radius 2 is 2.15 bits per heavy atom. The lowest BCUT2D eigenvalue weighted by Gasteiger charge is -2.42. The zero-order chi connectivity index (χ0) is 14.8.